The van der Waals surface area contributed by atoms with Crippen LogP contribution in [0, 0.1) is 0 Å². The van der Waals surface area contributed by atoms with E-state index in [9.17, 15) is 9.90 Å². The number of amides is 1. The molecule has 2 bridgehead atoms. The topological polar surface area (TPSA) is 62.7 Å². The van der Waals surface area contributed by atoms with Gasteiger partial charge in [-0.15, -0.1) is 0 Å². The fourth-order valence-corrected chi connectivity index (χ4v) is 7.10. The standard InChI is InChI=1S/C32H30N2O3/c35-31(37-20-29-27-14-5-3-12-25(27)26-13-4-6-15-28(26)29)34-22-9-7-10-23(34)17-32(36,16-22)30-19-33-18-21-8-1-2-11-24(21)30/h1-6,8,11-15,18-19,22-23,29,36H,7,9-10,16-17,20H2. The van der Waals surface area contributed by atoms with Crippen molar-refractivity contribution in [1.82, 2.24) is 9.88 Å². The summed E-state index contributed by atoms with van der Waals surface area (Å²) in [6.45, 7) is 0.320. The molecular weight excluding hydrogens is 460 g/mol. The van der Waals surface area contributed by atoms with Crippen LogP contribution in [0.2, 0.25) is 0 Å². The highest BCUT2D eigenvalue weighted by atomic mass is 16.6. The molecular formula is C32H30N2O3. The molecule has 5 heteroatoms. The van der Waals surface area contributed by atoms with Crippen molar-refractivity contribution >= 4 is 16.9 Å². The molecule has 3 heterocycles. The Balaban J connectivity index is 1.13. The van der Waals surface area contributed by atoms with Gasteiger partial charge in [0.1, 0.15) is 6.61 Å². The second-order valence-corrected chi connectivity index (χ2v) is 10.8. The number of ether oxygens (including phenoxy) is 1. The molecule has 2 fully saturated rings. The molecule has 0 spiro atoms. The van der Waals surface area contributed by atoms with Gasteiger partial charge in [-0.25, -0.2) is 4.79 Å². The third-order valence-electron chi connectivity index (χ3n) is 8.72. The van der Waals surface area contributed by atoms with Crippen molar-refractivity contribution in [3.05, 3.63) is 102 Å². The minimum absolute atomic E-state index is 0.0414. The third kappa shape index (κ3) is 3.64. The van der Waals surface area contributed by atoms with Gasteiger partial charge in [0.15, 0.2) is 0 Å². The molecule has 0 saturated carbocycles. The molecule has 3 aliphatic rings. The molecule has 1 N–H and O–H groups in total. The quantitative estimate of drug-likeness (QED) is 0.362. The van der Waals surface area contributed by atoms with Gasteiger partial charge in [0.2, 0.25) is 0 Å². The van der Waals surface area contributed by atoms with E-state index in [0.29, 0.717) is 19.4 Å². The van der Waals surface area contributed by atoms with E-state index in [4.69, 9.17) is 4.74 Å². The number of carbonyl (C=O) groups excluding carboxylic acids is 1. The Morgan fingerprint density at radius 2 is 1.51 bits per heavy atom. The highest BCUT2D eigenvalue weighted by molar-refractivity contribution is 5.85. The second kappa shape index (κ2) is 8.70. The molecule has 7 rings (SSSR count). The molecule has 1 aliphatic carbocycles. The van der Waals surface area contributed by atoms with Gasteiger partial charge in [-0.3, -0.25) is 4.98 Å². The minimum atomic E-state index is -1.01. The zero-order valence-electron chi connectivity index (χ0n) is 20.7. The molecule has 2 unspecified atom stereocenters. The van der Waals surface area contributed by atoms with Crippen LogP contribution in [-0.2, 0) is 10.3 Å². The summed E-state index contributed by atoms with van der Waals surface area (Å²) in [6.07, 6.45) is 7.21. The van der Waals surface area contributed by atoms with Gasteiger partial charge in [0.05, 0.1) is 5.60 Å². The molecule has 2 saturated heterocycles. The second-order valence-electron chi connectivity index (χ2n) is 10.8. The van der Waals surface area contributed by atoms with Crippen LogP contribution in [0.1, 0.15) is 54.7 Å². The number of hydrogen-bond acceptors (Lipinski definition) is 4. The van der Waals surface area contributed by atoms with Crippen LogP contribution in [0.5, 0.6) is 0 Å². The zero-order chi connectivity index (χ0) is 25.0. The van der Waals surface area contributed by atoms with Crippen LogP contribution in [-0.4, -0.2) is 39.8 Å². The van der Waals surface area contributed by atoms with Crippen LogP contribution < -0.4 is 0 Å². The largest absolute Gasteiger partial charge is 0.448 e. The number of benzene rings is 3. The molecule has 1 amide bonds. The van der Waals surface area contributed by atoms with Crippen molar-refractivity contribution in [2.45, 2.75) is 55.7 Å². The maximum atomic E-state index is 13.6. The van der Waals surface area contributed by atoms with E-state index in [1.807, 2.05) is 29.3 Å². The first kappa shape index (κ1) is 22.5. The van der Waals surface area contributed by atoms with Gasteiger partial charge in [0, 0.05) is 54.2 Å². The Labute approximate surface area is 216 Å². The summed E-state index contributed by atoms with van der Waals surface area (Å²) in [4.78, 5) is 19.9. The predicted octanol–water partition coefficient (Wildman–Crippen LogP) is 6.39. The first-order chi connectivity index (χ1) is 18.1. The molecule has 5 nitrogen and oxygen atoms in total. The number of aromatic nitrogens is 1. The van der Waals surface area contributed by atoms with Crippen LogP contribution in [0.3, 0.4) is 0 Å². The summed E-state index contributed by atoms with van der Waals surface area (Å²) in [5, 5.41) is 14.0. The van der Waals surface area contributed by atoms with Crippen LogP contribution in [0.25, 0.3) is 21.9 Å². The third-order valence-corrected chi connectivity index (χ3v) is 8.72. The van der Waals surface area contributed by atoms with Crippen molar-refractivity contribution in [2.24, 2.45) is 0 Å². The highest BCUT2D eigenvalue weighted by Crippen LogP contribution is 2.47. The Morgan fingerprint density at radius 1 is 0.892 bits per heavy atom. The van der Waals surface area contributed by atoms with Crippen molar-refractivity contribution in [3.63, 3.8) is 0 Å². The Bertz CT molecular complexity index is 1430. The number of pyridine rings is 1. The van der Waals surface area contributed by atoms with E-state index in [-0.39, 0.29) is 24.1 Å². The predicted molar refractivity (Wildman–Crippen MR) is 143 cm³/mol. The molecule has 3 aromatic carbocycles. The number of fused-ring (bicyclic) bond motifs is 6. The van der Waals surface area contributed by atoms with Gasteiger partial charge >= 0.3 is 6.09 Å². The molecule has 0 radical (unpaired) electrons. The number of aliphatic hydroxyl groups is 1. The lowest BCUT2D eigenvalue weighted by Crippen LogP contribution is -2.59. The van der Waals surface area contributed by atoms with Gasteiger partial charge < -0.3 is 14.7 Å². The van der Waals surface area contributed by atoms with Gasteiger partial charge in [-0.2, -0.15) is 0 Å². The number of nitrogens with zero attached hydrogens (tertiary/aromatic N) is 2. The molecule has 186 valence electrons. The van der Waals surface area contributed by atoms with E-state index >= 15 is 0 Å². The van der Waals surface area contributed by atoms with E-state index in [1.54, 1.807) is 6.20 Å². The van der Waals surface area contributed by atoms with Gasteiger partial charge in [-0.05, 0) is 46.9 Å². The first-order valence-electron chi connectivity index (χ1n) is 13.3. The average molecular weight is 491 g/mol. The number of carbonyl (C=O) groups is 1. The zero-order valence-corrected chi connectivity index (χ0v) is 20.7. The highest BCUT2D eigenvalue weighted by Gasteiger charge is 2.49. The van der Waals surface area contributed by atoms with Gasteiger partial charge in [-0.1, -0.05) is 72.8 Å². The maximum Gasteiger partial charge on any atom is 0.410 e. The fourth-order valence-electron chi connectivity index (χ4n) is 7.10. The van der Waals surface area contributed by atoms with Crippen molar-refractivity contribution in [1.29, 1.82) is 0 Å². The first-order valence-corrected chi connectivity index (χ1v) is 13.3. The lowest BCUT2D eigenvalue weighted by Gasteiger charge is -2.51. The lowest BCUT2D eigenvalue weighted by atomic mass is 9.72. The number of piperidine rings is 2. The minimum Gasteiger partial charge on any atom is -0.448 e. The summed E-state index contributed by atoms with van der Waals surface area (Å²) in [7, 11) is 0. The van der Waals surface area contributed by atoms with E-state index in [1.165, 1.54) is 22.3 Å². The molecule has 2 aliphatic heterocycles. The SMILES string of the molecule is O=C(OCC1c2ccccc2-c2ccccc21)N1C2CCCC1CC(O)(c1cncc3ccccc13)C2. The average Bonchev–Trinajstić information content (AvgIpc) is 3.24. The van der Waals surface area contributed by atoms with E-state index in [2.05, 4.69) is 59.6 Å². The van der Waals surface area contributed by atoms with Crippen LogP contribution in [0.4, 0.5) is 4.79 Å². The Morgan fingerprint density at radius 3 is 2.22 bits per heavy atom. The summed E-state index contributed by atoms with van der Waals surface area (Å²) >= 11 is 0. The van der Waals surface area contributed by atoms with Gasteiger partial charge in [0.25, 0.3) is 0 Å². The smallest absolute Gasteiger partial charge is 0.410 e. The van der Waals surface area contributed by atoms with Crippen LogP contribution >= 0.6 is 0 Å². The van der Waals surface area contributed by atoms with Crippen LogP contribution in [0.15, 0.2) is 85.2 Å². The Hall–Kier alpha value is -3.70. The summed E-state index contributed by atoms with van der Waals surface area (Å²) in [5.74, 6) is 0.0414. The molecule has 4 aromatic rings. The fraction of sp³-hybridized carbons (Fsp3) is 0.312. The number of rotatable bonds is 3. The maximum absolute atomic E-state index is 13.6. The van der Waals surface area contributed by atoms with E-state index < -0.39 is 5.60 Å². The Kier molecular flexibility index (Phi) is 5.29. The summed E-state index contributed by atoms with van der Waals surface area (Å²) in [5.41, 5.74) is 4.74. The summed E-state index contributed by atoms with van der Waals surface area (Å²) in [6, 6.07) is 24.8. The van der Waals surface area contributed by atoms with Crippen molar-refractivity contribution in [3.8, 4) is 11.1 Å². The molecule has 2 atom stereocenters. The lowest BCUT2D eigenvalue weighted by molar-refractivity contribution is -0.0884. The number of hydrogen-bond donors (Lipinski definition) is 1. The molecule has 37 heavy (non-hydrogen) atoms. The monoisotopic (exact) mass is 490 g/mol. The summed E-state index contributed by atoms with van der Waals surface area (Å²) < 4.78 is 6.05. The normalized spacial score (nSPS) is 24.5. The van der Waals surface area contributed by atoms with E-state index in [0.717, 1.165) is 35.6 Å². The van der Waals surface area contributed by atoms with Crippen molar-refractivity contribution in [2.75, 3.05) is 6.61 Å². The van der Waals surface area contributed by atoms with Crippen molar-refractivity contribution < 1.29 is 14.6 Å². The molecule has 1 aromatic heterocycles.